The molecule has 188 valence electrons. The molecule has 0 fully saturated rings. The summed E-state index contributed by atoms with van der Waals surface area (Å²) >= 11 is 5.92. The van der Waals surface area contributed by atoms with Crippen LogP contribution in [0.4, 0.5) is 0 Å². The number of aromatic nitrogens is 2. The monoisotopic (exact) mass is 511 g/mol. The second-order valence-electron chi connectivity index (χ2n) is 9.14. The lowest BCUT2D eigenvalue weighted by Gasteiger charge is -2.11. The highest BCUT2D eigenvalue weighted by Gasteiger charge is 2.11. The van der Waals surface area contributed by atoms with E-state index >= 15 is 0 Å². The van der Waals surface area contributed by atoms with Crippen LogP contribution in [0.1, 0.15) is 24.2 Å². The van der Waals surface area contributed by atoms with Gasteiger partial charge in [0.25, 0.3) is 0 Å². The summed E-state index contributed by atoms with van der Waals surface area (Å²) in [4.78, 5) is 17.2. The number of halogens is 1. The summed E-state index contributed by atoms with van der Waals surface area (Å²) in [5, 5.41) is 6.09. The van der Waals surface area contributed by atoms with Gasteiger partial charge in [0.15, 0.2) is 0 Å². The molecule has 4 aromatic carbocycles. The van der Waals surface area contributed by atoms with Crippen molar-refractivity contribution in [3.05, 3.63) is 107 Å². The van der Waals surface area contributed by atoms with E-state index in [0.29, 0.717) is 24.6 Å². The Labute approximate surface area is 222 Å². The zero-order valence-corrected chi connectivity index (χ0v) is 21.5. The Morgan fingerprint density at radius 3 is 2.54 bits per heavy atom. The summed E-state index contributed by atoms with van der Waals surface area (Å²) in [7, 11) is 0. The number of carbonyl (C=O) groups excluding carboxylic acids is 1. The predicted molar refractivity (Wildman–Crippen MR) is 150 cm³/mol. The molecule has 0 aliphatic rings. The van der Waals surface area contributed by atoms with Crippen LogP contribution in [0.25, 0.3) is 21.8 Å². The number of amides is 1. The third-order valence-electron chi connectivity index (χ3n) is 6.43. The van der Waals surface area contributed by atoms with Crippen molar-refractivity contribution in [2.24, 2.45) is 0 Å². The number of hydrogen-bond donors (Lipinski definition) is 1. The summed E-state index contributed by atoms with van der Waals surface area (Å²) in [6.45, 7) is 2.07. The average molecular weight is 512 g/mol. The van der Waals surface area contributed by atoms with Gasteiger partial charge in [-0.15, -0.1) is 0 Å². The Morgan fingerprint density at radius 1 is 0.892 bits per heavy atom. The van der Waals surface area contributed by atoms with Gasteiger partial charge in [-0.1, -0.05) is 66.2 Å². The zero-order valence-electron chi connectivity index (χ0n) is 20.7. The fourth-order valence-corrected chi connectivity index (χ4v) is 4.69. The first-order chi connectivity index (χ1) is 18.2. The van der Waals surface area contributed by atoms with Crippen LogP contribution in [0.15, 0.2) is 91.0 Å². The minimum absolute atomic E-state index is 0.0154. The largest absolute Gasteiger partial charge is 0.494 e. The van der Waals surface area contributed by atoms with Crippen molar-refractivity contribution >= 4 is 39.3 Å². The van der Waals surface area contributed by atoms with E-state index in [-0.39, 0.29) is 5.91 Å². The number of carbonyl (C=O) groups is 1. The van der Waals surface area contributed by atoms with Gasteiger partial charge in [-0.05, 0) is 65.6 Å². The van der Waals surface area contributed by atoms with Crippen molar-refractivity contribution in [2.75, 3.05) is 13.2 Å². The van der Waals surface area contributed by atoms with Crippen LogP contribution in [0.2, 0.25) is 5.02 Å². The number of aryl methyl sites for hydroxylation is 2. The molecule has 0 unspecified atom stereocenters. The standard InChI is InChI=1S/C31H30ClN3O2/c32-26-15-12-23(13-16-26)21-31(36)33-18-5-11-30-34-28-9-3-4-10-29(28)35(30)19-6-20-37-27-17-14-24-7-1-2-8-25(24)22-27/h1-4,7-10,12-17,22H,5-6,11,18-21H2,(H,33,36). The van der Waals surface area contributed by atoms with Crippen molar-refractivity contribution in [2.45, 2.75) is 32.2 Å². The molecule has 1 N–H and O–H groups in total. The average Bonchev–Trinajstić information content (AvgIpc) is 3.27. The van der Waals surface area contributed by atoms with E-state index < -0.39 is 0 Å². The SMILES string of the molecule is O=C(Cc1ccc(Cl)cc1)NCCCc1nc2ccccc2n1CCCOc1ccc2ccccc2c1. The second kappa shape index (κ2) is 11.9. The van der Waals surface area contributed by atoms with Gasteiger partial charge in [0.1, 0.15) is 11.6 Å². The van der Waals surface area contributed by atoms with Crippen LogP contribution >= 0.6 is 11.6 Å². The number of imidazole rings is 1. The summed E-state index contributed by atoms with van der Waals surface area (Å²) in [5.41, 5.74) is 3.09. The molecule has 5 rings (SSSR count). The van der Waals surface area contributed by atoms with Crippen LogP contribution in [0, 0.1) is 0 Å². The molecule has 0 saturated carbocycles. The molecule has 5 aromatic rings. The number of ether oxygens (including phenoxy) is 1. The van der Waals surface area contributed by atoms with E-state index in [1.54, 1.807) is 0 Å². The van der Waals surface area contributed by atoms with E-state index in [9.17, 15) is 4.79 Å². The molecule has 0 spiro atoms. The molecule has 37 heavy (non-hydrogen) atoms. The van der Waals surface area contributed by atoms with E-state index in [1.807, 2.05) is 54.6 Å². The normalized spacial score (nSPS) is 11.2. The van der Waals surface area contributed by atoms with Gasteiger partial charge in [0.2, 0.25) is 5.91 Å². The minimum atomic E-state index is 0.0154. The Balaban J connectivity index is 1.14. The van der Waals surface area contributed by atoms with Crippen LogP contribution in [-0.2, 0) is 24.2 Å². The number of nitrogens with one attached hydrogen (secondary N) is 1. The van der Waals surface area contributed by atoms with Gasteiger partial charge < -0.3 is 14.6 Å². The number of fused-ring (bicyclic) bond motifs is 2. The fraction of sp³-hybridized carbons (Fsp3) is 0.226. The maximum atomic E-state index is 12.3. The highest BCUT2D eigenvalue weighted by molar-refractivity contribution is 6.30. The zero-order chi connectivity index (χ0) is 25.5. The predicted octanol–water partition coefficient (Wildman–Crippen LogP) is 6.60. The number of rotatable bonds is 11. The smallest absolute Gasteiger partial charge is 0.224 e. The number of hydrogen-bond acceptors (Lipinski definition) is 3. The molecule has 0 aliphatic heterocycles. The van der Waals surface area contributed by atoms with E-state index in [2.05, 4.69) is 46.3 Å². The van der Waals surface area contributed by atoms with Crippen molar-refractivity contribution in [3.8, 4) is 5.75 Å². The molecule has 1 aromatic heterocycles. The van der Waals surface area contributed by atoms with Crippen LogP contribution < -0.4 is 10.1 Å². The first-order valence-electron chi connectivity index (χ1n) is 12.7. The highest BCUT2D eigenvalue weighted by Crippen LogP contribution is 2.21. The summed E-state index contributed by atoms with van der Waals surface area (Å²) in [6, 6.07) is 30.1. The molecule has 1 amide bonds. The van der Waals surface area contributed by atoms with Gasteiger partial charge in [0, 0.05) is 24.5 Å². The number of benzene rings is 4. The summed E-state index contributed by atoms with van der Waals surface area (Å²) in [5.74, 6) is 1.95. The Hall–Kier alpha value is -3.83. The highest BCUT2D eigenvalue weighted by atomic mass is 35.5. The van der Waals surface area contributed by atoms with Crippen molar-refractivity contribution < 1.29 is 9.53 Å². The van der Waals surface area contributed by atoms with Gasteiger partial charge >= 0.3 is 0 Å². The molecule has 0 radical (unpaired) electrons. The van der Waals surface area contributed by atoms with Crippen molar-refractivity contribution in [1.82, 2.24) is 14.9 Å². The van der Waals surface area contributed by atoms with Crippen molar-refractivity contribution in [1.29, 1.82) is 0 Å². The Bertz CT molecular complexity index is 1490. The van der Waals surface area contributed by atoms with Crippen LogP contribution in [0.3, 0.4) is 0 Å². The molecule has 0 saturated heterocycles. The molecular weight excluding hydrogens is 482 g/mol. The third kappa shape index (κ3) is 6.49. The molecule has 5 nitrogen and oxygen atoms in total. The van der Waals surface area contributed by atoms with Crippen LogP contribution in [0.5, 0.6) is 5.75 Å². The lowest BCUT2D eigenvalue weighted by Crippen LogP contribution is -2.26. The van der Waals surface area contributed by atoms with E-state index in [4.69, 9.17) is 21.3 Å². The van der Waals surface area contributed by atoms with Gasteiger partial charge in [-0.2, -0.15) is 0 Å². The lowest BCUT2D eigenvalue weighted by molar-refractivity contribution is -0.120. The molecule has 6 heteroatoms. The maximum absolute atomic E-state index is 12.3. The summed E-state index contributed by atoms with van der Waals surface area (Å²) < 4.78 is 8.34. The molecular formula is C31H30ClN3O2. The quantitative estimate of drug-likeness (QED) is 0.203. The molecule has 1 heterocycles. The Kier molecular flexibility index (Phi) is 8.02. The molecule has 0 aliphatic carbocycles. The fourth-order valence-electron chi connectivity index (χ4n) is 4.56. The van der Waals surface area contributed by atoms with E-state index in [0.717, 1.165) is 54.0 Å². The Morgan fingerprint density at radius 2 is 1.68 bits per heavy atom. The topological polar surface area (TPSA) is 56.2 Å². The number of nitrogens with zero attached hydrogens (tertiary/aromatic N) is 2. The van der Waals surface area contributed by atoms with Gasteiger partial charge in [-0.3, -0.25) is 4.79 Å². The first kappa shape index (κ1) is 24.8. The van der Waals surface area contributed by atoms with Crippen LogP contribution in [-0.4, -0.2) is 28.6 Å². The summed E-state index contributed by atoms with van der Waals surface area (Å²) in [6.07, 6.45) is 2.84. The van der Waals surface area contributed by atoms with E-state index in [1.165, 1.54) is 10.8 Å². The van der Waals surface area contributed by atoms with Gasteiger partial charge in [0.05, 0.1) is 24.1 Å². The molecule has 0 bridgehead atoms. The lowest BCUT2D eigenvalue weighted by atomic mass is 10.1. The first-order valence-corrected chi connectivity index (χ1v) is 13.1. The third-order valence-corrected chi connectivity index (χ3v) is 6.68. The minimum Gasteiger partial charge on any atom is -0.494 e. The van der Waals surface area contributed by atoms with Gasteiger partial charge in [-0.25, -0.2) is 4.98 Å². The maximum Gasteiger partial charge on any atom is 0.224 e. The molecule has 0 atom stereocenters. The van der Waals surface area contributed by atoms with Crippen molar-refractivity contribution in [3.63, 3.8) is 0 Å². The second-order valence-corrected chi connectivity index (χ2v) is 9.57. The number of para-hydroxylation sites is 2.